The number of nitrogens with one attached hydrogen (secondary N) is 2. The Kier molecular flexibility index (Phi) is 5.76. The molecule has 0 bridgehead atoms. The van der Waals surface area contributed by atoms with Gasteiger partial charge in [0.1, 0.15) is 5.00 Å². The molecule has 0 spiro atoms. The summed E-state index contributed by atoms with van der Waals surface area (Å²) in [5, 5.41) is 5.98. The van der Waals surface area contributed by atoms with Gasteiger partial charge in [-0.05, 0) is 38.7 Å². The Morgan fingerprint density at radius 3 is 2.52 bits per heavy atom. The molecule has 1 aliphatic carbocycles. The summed E-state index contributed by atoms with van der Waals surface area (Å²) in [6, 6.07) is 0. The number of carbonyl (C=O) groups is 3. The summed E-state index contributed by atoms with van der Waals surface area (Å²) in [4.78, 5) is 36.9. The van der Waals surface area contributed by atoms with Gasteiger partial charge < -0.3 is 15.4 Å². The molecule has 0 unspecified atom stereocenters. The van der Waals surface area contributed by atoms with E-state index in [0.717, 1.165) is 30.6 Å². The third-order valence-corrected chi connectivity index (χ3v) is 4.76. The molecule has 0 radical (unpaired) electrons. The smallest absolute Gasteiger partial charge is 0.341 e. The van der Waals surface area contributed by atoms with Gasteiger partial charge in [-0.15, -0.1) is 11.3 Å². The Labute approximate surface area is 139 Å². The van der Waals surface area contributed by atoms with Crippen molar-refractivity contribution in [3.63, 3.8) is 0 Å². The minimum Gasteiger partial charge on any atom is -0.462 e. The largest absolute Gasteiger partial charge is 0.462 e. The normalized spacial score (nSPS) is 13.5. The summed E-state index contributed by atoms with van der Waals surface area (Å²) < 4.78 is 5.07. The lowest BCUT2D eigenvalue weighted by atomic mass is 10.1. The molecule has 2 amide bonds. The molecule has 1 saturated carbocycles. The van der Waals surface area contributed by atoms with Crippen LogP contribution in [-0.4, -0.2) is 30.9 Å². The molecule has 0 aliphatic heterocycles. The fraction of sp³-hybridized carbons (Fsp3) is 0.562. The van der Waals surface area contributed by atoms with Crippen molar-refractivity contribution in [1.82, 2.24) is 5.32 Å². The molecule has 23 heavy (non-hydrogen) atoms. The Bertz CT molecular complexity index is 620. The van der Waals surface area contributed by atoms with Gasteiger partial charge in [-0.3, -0.25) is 9.59 Å². The number of carbonyl (C=O) groups excluding carboxylic acids is 3. The van der Waals surface area contributed by atoms with Crippen LogP contribution in [0.25, 0.3) is 0 Å². The van der Waals surface area contributed by atoms with Gasteiger partial charge in [0, 0.05) is 12.5 Å². The molecule has 7 heteroatoms. The Balaban J connectivity index is 2.31. The molecule has 2 rings (SSSR count). The zero-order valence-electron chi connectivity index (χ0n) is 13.7. The molecular formula is C16H22N2O4S. The van der Waals surface area contributed by atoms with Crippen molar-refractivity contribution >= 4 is 34.1 Å². The third-order valence-electron chi connectivity index (χ3n) is 3.55. The highest BCUT2D eigenvalue weighted by atomic mass is 32.1. The number of ether oxygens (including phenoxy) is 1. The van der Waals surface area contributed by atoms with E-state index < -0.39 is 5.97 Å². The molecular weight excluding hydrogens is 316 g/mol. The van der Waals surface area contributed by atoms with Crippen molar-refractivity contribution in [3.05, 3.63) is 16.0 Å². The van der Waals surface area contributed by atoms with E-state index in [1.807, 2.05) is 6.92 Å². The Morgan fingerprint density at radius 2 is 1.96 bits per heavy atom. The van der Waals surface area contributed by atoms with Crippen molar-refractivity contribution in [2.45, 2.75) is 40.0 Å². The van der Waals surface area contributed by atoms with E-state index in [1.54, 1.807) is 13.8 Å². The third kappa shape index (κ3) is 4.10. The topological polar surface area (TPSA) is 84.5 Å². The van der Waals surface area contributed by atoms with Crippen LogP contribution in [0.2, 0.25) is 0 Å². The summed E-state index contributed by atoms with van der Waals surface area (Å²) in [5.41, 5.74) is 0.834. The number of hydrogen-bond acceptors (Lipinski definition) is 5. The van der Waals surface area contributed by atoms with Crippen LogP contribution in [-0.2, 0) is 9.53 Å². The molecule has 6 nitrogen and oxygen atoms in total. The molecule has 1 aromatic rings. The van der Waals surface area contributed by atoms with Crippen LogP contribution in [0.5, 0.6) is 0 Å². The second-order valence-electron chi connectivity index (χ2n) is 5.50. The minimum atomic E-state index is -0.512. The van der Waals surface area contributed by atoms with Crippen LogP contribution < -0.4 is 10.6 Å². The van der Waals surface area contributed by atoms with Crippen LogP contribution in [0.15, 0.2) is 0 Å². The van der Waals surface area contributed by atoms with Gasteiger partial charge in [0.2, 0.25) is 5.91 Å². The van der Waals surface area contributed by atoms with E-state index in [9.17, 15) is 14.4 Å². The van der Waals surface area contributed by atoms with Gasteiger partial charge in [-0.2, -0.15) is 0 Å². The first-order valence-electron chi connectivity index (χ1n) is 7.89. The molecule has 1 heterocycles. The first-order valence-corrected chi connectivity index (χ1v) is 8.70. The number of amides is 2. The lowest BCUT2D eigenvalue weighted by Crippen LogP contribution is -2.23. The highest BCUT2D eigenvalue weighted by molar-refractivity contribution is 7.18. The SMILES string of the molecule is CCCNC(=O)c1sc(NC(=O)C2CC2)c(C(=O)OCC)c1C. The van der Waals surface area contributed by atoms with Crippen molar-refractivity contribution in [2.24, 2.45) is 5.92 Å². The summed E-state index contributed by atoms with van der Waals surface area (Å²) in [5.74, 6) is -0.823. The quantitative estimate of drug-likeness (QED) is 0.749. The predicted octanol–water partition coefficient (Wildman–Crippen LogP) is 2.72. The van der Waals surface area contributed by atoms with Gasteiger partial charge in [-0.25, -0.2) is 4.79 Å². The maximum atomic E-state index is 12.2. The average Bonchev–Trinajstić information content (AvgIpc) is 3.30. The fourth-order valence-corrected chi connectivity index (χ4v) is 3.26. The summed E-state index contributed by atoms with van der Waals surface area (Å²) in [7, 11) is 0. The highest BCUT2D eigenvalue weighted by Gasteiger charge is 2.32. The fourth-order valence-electron chi connectivity index (χ4n) is 2.15. The van der Waals surface area contributed by atoms with E-state index in [-0.39, 0.29) is 29.9 Å². The molecule has 0 atom stereocenters. The molecule has 0 aromatic carbocycles. The van der Waals surface area contributed by atoms with E-state index in [2.05, 4.69) is 10.6 Å². The van der Waals surface area contributed by atoms with Gasteiger partial charge in [-0.1, -0.05) is 6.92 Å². The molecule has 1 aliphatic rings. The van der Waals surface area contributed by atoms with Crippen molar-refractivity contribution in [2.75, 3.05) is 18.5 Å². The maximum absolute atomic E-state index is 12.2. The molecule has 1 fully saturated rings. The second kappa shape index (κ2) is 7.59. The first-order chi connectivity index (χ1) is 11.0. The predicted molar refractivity (Wildman–Crippen MR) is 89.0 cm³/mol. The Hall–Kier alpha value is -1.89. The minimum absolute atomic E-state index is 0.0184. The van der Waals surface area contributed by atoms with Gasteiger partial charge in [0.15, 0.2) is 0 Å². The average molecular weight is 338 g/mol. The maximum Gasteiger partial charge on any atom is 0.341 e. The summed E-state index contributed by atoms with van der Waals surface area (Å²) >= 11 is 1.13. The van der Waals surface area contributed by atoms with Crippen LogP contribution in [0.4, 0.5) is 5.00 Å². The standard InChI is InChI=1S/C16H22N2O4S/c1-4-8-17-14(20)12-9(3)11(16(21)22-5-2)15(23-12)18-13(19)10-6-7-10/h10H,4-8H2,1-3H3,(H,17,20)(H,18,19). The van der Waals surface area contributed by atoms with Gasteiger partial charge >= 0.3 is 5.97 Å². The number of rotatable bonds is 7. The lowest BCUT2D eigenvalue weighted by molar-refractivity contribution is -0.117. The summed E-state index contributed by atoms with van der Waals surface area (Å²) in [6.07, 6.45) is 2.57. The van der Waals surface area contributed by atoms with E-state index in [0.29, 0.717) is 22.0 Å². The second-order valence-corrected chi connectivity index (χ2v) is 6.52. The first kappa shape index (κ1) is 17.5. The number of thiophene rings is 1. The highest BCUT2D eigenvalue weighted by Crippen LogP contribution is 2.36. The molecule has 2 N–H and O–H groups in total. The van der Waals surface area contributed by atoms with E-state index >= 15 is 0 Å². The Morgan fingerprint density at radius 1 is 1.26 bits per heavy atom. The van der Waals surface area contributed by atoms with Crippen LogP contribution in [0, 0.1) is 12.8 Å². The van der Waals surface area contributed by atoms with Crippen LogP contribution in [0.1, 0.15) is 58.7 Å². The van der Waals surface area contributed by atoms with Gasteiger partial charge in [0.25, 0.3) is 5.91 Å². The molecule has 0 saturated heterocycles. The van der Waals surface area contributed by atoms with Crippen molar-refractivity contribution < 1.29 is 19.1 Å². The lowest BCUT2D eigenvalue weighted by Gasteiger charge is -2.06. The summed E-state index contributed by atoms with van der Waals surface area (Å²) in [6.45, 7) is 6.19. The zero-order valence-corrected chi connectivity index (χ0v) is 14.5. The van der Waals surface area contributed by atoms with E-state index in [4.69, 9.17) is 4.74 Å². The number of esters is 1. The molecule has 1 aromatic heterocycles. The number of hydrogen-bond donors (Lipinski definition) is 2. The van der Waals surface area contributed by atoms with Crippen LogP contribution >= 0.6 is 11.3 Å². The monoisotopic (exact) mass is 338 g/mol. The van der Waals surface area contributed by atoms with Crippen LogP contribution in [0.3, 0.4) is 0 Å². The van der Waals surface area contributed by atoms with Gasteiger partial charge in [0.05, 0.1) is 17.0 Å². The molecule has 126 valence electrons. The number of anilines is 1. The van der Waals surface area contributed by atoms with Crippen molar-refractivity contribution in [3.8, 4) is 0 Å². The van der Waals surface area contributed by atoms with Crippen molar-refractivity contribution in [1.29, 1.82) is 0 Å². The van der Waals surface area contributed by atoms with E-state index in [1.165, 1.54) is 0 Å². The zero-order chi connectivity index (χ0) is 17.0.